The van der Waals surface area contributed by atoms with Crippen molar-refractivity contribution < 1.29 is 14.7 Å². The molecule has 0 aromatic heterocycles. The second-order valence-electron chi connectivity index (χ2n) is 3.82. The van der Waals surface area contributed by atoms with Crippen molar-refractivity contribution in [3.63, 3.8) is 0 Å². The molecule has 0 unspecified atom stereocenters. The summed E-state index contributed by atoms with van der Waals surface area (Å²) in [6.07, 6.45) is 2.68. The maximum absolute atomic E-state index is 11.6. The summed E-state index contributed by atoms with van der Waals surface area (Å²) in [5, 5.41) is 8.64. The quantitative estimate of drug-likeness (QED) is 0.671. The van der Waals surface area contributed by atoms with Gasteiger partial charge in [-0.3, -0.25) is 9.59 Å². The minimum Gasteiger partial charge on any atom is -0.481 e. The SMILES string of the molecule is O=C(O)[C@H]1C[C@@H]1C(=O)N1CCCC1. The van der Waals surface area contributed by atoms with Crippen LogP contribution in [0.25, 0.3) is 0 Å². The molecule has 2 atom stereocenters. The molecule has 0 aromatic carbocycles. The fourth-order valence-corrected chi connectivity index (χ4v) is 1.91. The number of likely N-dealkylation sites (tertiary alicyclic amines) is 1. The smallest absolute Gasteiger partial charge is 0.307 e. The van der Waals surface area contributed by atoms with Crippen LogP contribution in [-0.2, 0) is 9.59 Å². The van der Waals surface area contributed by atoms with Gasteiger partial charge in [-0.05, 0) is 19.3 Å². The van der Waals surface area contributed by atoms with E-state index in [1.165, 1.54) is 0 Å². The molecule has 1 aliphatic carbocycles. The Morgan fingerprint density at radius 1 is 1.15 bits per heavy atom. The Kier molecular flexibility index (Phi) is 1.98. The largest absolute Gasteiger partial charge is 0.481 e. The standard InChI is InChI=1S/C9H13NO3/c11-8(10-3-1-2-4-10)6-5-7(6)9(12)13/h6-7H,1-5H2,(H,12,13)/t6-,7-/m0/s1. The summed E-state index contributed by atoms with van der Waals surface area (Å²) in [4.78, 5) is 23.9. The van der Waals surface area contributed by atoms with Crippen molar-refractivity contribution in [3.8, 4) is 0 Å². The van der Waals surface area contributed by atoms with E-state index in [1.54, 1.807) is 4.90 Å². The van der Waals surface area contributed by atoms with Crippen LogP contribution in [0.4, 0.5) is 0 Å². The van der Waals surface area contributed by atoms with E-state index < -0.39 is 11.9 Å². The van der Waals surface area contributed by atoms with Gasteiger partial charge in [0.2, 0.25) is 5.91 Å². The normalized spacial score (nSPS) is 31.8. The molecule has 0 spiro atoms. The molecule has 1 saturated carbocycles. The Balaban J connectivity index is 1.89. The summed E-state index contributed by atoms with van der Waals surface area (Å²) in [5.41, 5.74) is 0. The molecule has 0 aromatic rings. The third kappa shape index (κ3) is 1.53. The van der Waals surface area contributed by atoms with E-state index in [0.29, 0.717) is 6.42 Å². The maximum atomic E-state index is 11.6. The van der Waals surface area contributed by atoms with Crippen molar-refractivity contribution in [3.05, 3.63) is 0 Å². The van der Waals surface area contributed by atoms with Gasteiger partial charge in [-0.25, -0.2) is 0 Å². The predicted molar refractivity (Wildman–Crippen MR) is 45.0 cm³/mol. The lowest BCUT2D eigenvalue weighted by Crippen LogP contribution is -2.30. The summed E-state index contributed by atoms with van der Waals surface area (Å²) >= 11 is 0. The fourth-order valence-electron chi connectivity index (χ4n) is 1.91. The van der Waals surface area contributed by atoms with Crippen LogP contribution in [-0.4, -0.2) is 35.0 Å². The molecule has 0 radical (unpaired) electrons. The number of carboxylic acids is 1. The number of nitrogens with zero attached hydrogens (tertiary/aromatic N) is 1. The Morgan fingerprint density at radius 3 is 2.23 bits per heavy atom. The highest BCUT2D eigenvalue weighted by molar-refractivity contribution is 5.89. The molecule has 1 aliphatic heterocycles. The van der Waals surface area contributed by atoms with Gasteiger partial charge in [0.1, 0.15) is 0 Å². The average molecular weight is 183 g/mol. The molecule has 1 N–H and O–H groups in total. The number of carboxylic acid groups (broad SMARTS) is 1. The summed E-state index contributed by atoms with van der Waals surface area (Å²) < 4.78 is 0. The van der Waals surface area contributed by atoms with E-state index >= 15 is 0 Å². The van der Waals surface area contributed by atoms with Crippen LogP contribution >= 0.6 is 0 Å². The first kappa shape index (κ1) is 8.53. The number of hydrogen-bond donors (Lipinski definition) is 1. The first-order chi connectivity index (χ1) is 6.20. The molecule has 4 nitrogen and oxygen atoms in total. The van der Waals surface area contributed by atoms with E-state index in [1.807, 2.05) is 0 Å². The van der Waals surface area contributed by atoms with Crippen LogP contribution in [0.2, 0.25) is 0 Å². The lowest BCUT2D eigenvalue weighted by atomic mass is 10.3. The molecule has 0 bridgehead atoms. The van der Waals surface area contributed by atoms with Gasteiger partial charge in [0, 0.05) is 13.1 Å². The van der Waals surface area contributed by atoms with Crippen LogP contribution in [0.1, 0.15) is 19.3 Å². The monoisotopic (exact) mass is 183 g/mol. The first-order valence-electron chi connectivity index (χ1n) is 4.72. The molecular weight excluding hydrogens is 170 g/mol. The molecule has 1 amide bonds. The average Bonchev–Trinajstić information content (AvgIpc) is 2.72. The Labute approximate surface area is 76.5 Å². The minimum absolute atomic E-state index is 0.0601. The van der Waals surface area contributed by atoms with Crippen molar-refractivity contribution in [2.45, 2.75) is 19.3 Å². The Morgan fingerprint density at radius 2 is 1.77 bits per heavy atom. The molecule has 2 aliphatic rings. The first-order valence-corrected chi connectivity index (χ1v) is 4.72. The maximum Gasteiger partial charge on any atom is 0.307 e. The molecule has 1 heterocycles. The van der Waals surface area contributed by atoms with Crippen LogP contribution in [0.3, 0.4) is 0 Å². The third-order valence-corrected chi connectivity index (χ3v) is 2.84. The molecule has 72 valence electrons. The summed E-state index contributed by atoms with van der Waals surface area (Å²) in [5.74, 6) is -1.37. The second-order valence-corrected chi connectivity index (χ2v) is 3.82. The summed E-state index contributed by atoms with van der Waals surface area (Å²) in [6.45, 7) is 1.64. The second kappa shape index (κ2) is 3.01. The number of aliphatic carboxylic acids is 1. The van der Waals surface area contributed by atoms with Crippen molar-refractivity contribution in [2.24, 2.45) is 11.8 Å². The van der Waals surface area contributed by atoms with Gasteiger partial charge in [-0.1, -0.05) is 0 Å². The highest BCUT2D eigenvalue weighted by Crippen LogP contribution is 2.40. The zero-order chi connectivity index (χ0) is 9.42. The van der Waals surface area contributed by atoms with E-state index in [2.05, 4.69) is 0 Å². The van der Waals surface area contributed by atoms with E-state index in [9.17, 15) is 9.59 Å². The van der Waals surface area contributed by atoms with Gasteiger partial charge in [-0.15, -0.1) is 0 Å². The summed E-state index contributed by atoms with van der Waals surface area (Å²) in [7, 11) is 0. The van der Waals surface area contributed by atoms with Crippen LogP contribution in [0, 0.1) is 11.8 Å². The van der Waals surface area contributed by atoms with Crippen molar-refractivity contribution in [2.75, 3.05) is 13.1 Å². The number of carbonyl (C=O) groups excluding carboxylic acids is 1. The van der Waals surface area contributed by atoms with Crippen LogP contribution in [0.5, 0.6) is 0 Å². The molecule has 4 heteroatoms. The van der Waals surface area contributed by atoms with Crippen molar-refractivity contribution in [1.29, 1.82) is 0 Å². The lowest BCUT2D eigenvalue weighted by Gasteiger charge is -2.14. The zero-order valence-corrected chi connectivity index (χ0v) is 7.40. The zero-order valence-electron chi connectivity index (χ0n) is 7.40. The minimum atomic E-state index is -0.822. The van der Waals surface area contributed by atoms with Crippen LogP contribution < -0.4 is 0 Å². The third-order valence-electron chi connectivity index (χ3n) is 2.84. The Hall–Kier alpha value is -1.06. The van der Waals surface area contributed by atoms with Crippen LogP contribution in [0.15, 0.2) is 0 Å². The lowest BCUT2D eigenvalue weighted by molar-refractivity contribution is -0.141. The Bertz CT molecular complexity index is 245. The molecule has 2 fully saturated rings. The molecule has 1 saturated heterocycles. The number of amides is 1. The van der Waals surface area contributed by atoms with Gasteiger partial charge in [0.25, 0.3) is 0 Å². The molecule has 2 rings (SSSR count). The highest BCUT2D eigenvalue weighted by Gasteiger charge is 2.49. The number of rotatable bonds is 2. The fraction of sp³-hybridized carbons (Fsp3) is 0.778. The van der Waals surface area contributed by atoms with Gasteiger partial charge in [0.05, 0.1) is 11.8 Å². The molecular formula is C9H13NO3. The van der Waals surface area contributed by atoms with Gasteiger partial charge in [-0.2, -0.15) is 0 Å². The van der Waals surface area contributed by atoms with Gasteiger partial charge >= 0.3 is 5.97 Å². The van der Waals surface area contributed by atoms with Gasteiger partial charge < -0.3 is 10.0 Å². The van der Waals surface area contributed by atoms with E-state index in [-0.39, 0.29) is 11.8 Å². The van der Waals surface area contributed by atoms with E-state index in [4.69, 9.17) is 5.11 Å². The predicted octanol–water partition coefficient (Wildman–Crippen LogP) is 0.329. The topological polar surface area (TPSA) is 57.6 Å². The van der Waals surface area contributed by atoms with Crippen molar-refractivity contribution in [1.82, 2.24) is 4.90 Å². The summed E-state index contributed by atoms with van der Waals surface area (Å²) in [6, 6.07) is 0. The molecule has 13 heavy (non-hydrogen) atoms. The van der Waals surface area contributed by atoms with Gasteiger partial charge in [0.15, 0.2) is 0 Å². The van der Waals surface area contributed by atoms with Crippen molar-refractivity contribution >= 4 is 11.9 Å². The number of carbonyl (C=O) groups is 2. The highest BCUT2D eigenvalue weighted by atomic mass is 16.4. The number of hydrogen-bond acceptors (Lipinski definition) is 2. The van der Waals surface area contributed by atoms with E-state index in [0.717, 1.165) is 25.9 Å².